The topological polar surface area (TPSA) is 40.5 Å². The average Bonchev–Trinajstić information content (AvgIpc) is 3.07. The third kappa shape index (κ3) is 3.47. The van der Waals surface area contributed by atoms with Crippen molar-refractivity contribution in [3.63, 3.8) is 0 Å². The van der Waals surface area contributed by atoms with Crippen LogP contribution in [-0.2, 0) is 4.79 Å². The molecule has 3 aromatic rings. The van der Waals surface area contributed by atoms with Crippen LogP contribution in [0.5, 0.6) is 0 Å². The number of thiophene rings is 1. The number of hydrogen-bond acceptors (Lipinski definition) is 3. The molecule has 2 aromatic carbocycles. The van der Waals surface area contributed by atoms with Crippen LogP contribution in [0.3, 0.4) is 0 Å². The number of halogens is 2. The van der Waals surface area contributed by atoms with Crippen LogP contribution in [0.15, 0.2) is 48.5 Å². The maximum Gasteiger partial charge on any atom is 0.320 e. The Morgan fingerprint density at radius 2 is 1.96 bits per heavy atom. The quantitative estimate of drug-likeness (QED) is 0.668. The summed E-state index contributed by atoms with van der Waals surface area (Å²) in [7, 11) is 0. The van der Waals surface area contributed by atoms with E-state index in [0.29, 0.717) is 18.5 Å². The molecule has 0 saturated carbocycles. The van der Waals surface area contributed by atoms with E-state index in [1.54, 1.807) is 0 Å². The largest absolute Gasteiger partial charge is 0.480 e. The first-order valence-electron chi connectivity index (χ1n) is 8.96. The molecule has 0 aliphatic carbocycles. The number of aliphatic carboxylic acids is 1. The van der Waals surface area contributed by atoms with Crippen LogP contribution in [0.2, 0.25) is 0 Å². The molecule has 2 heterocycles. The maximum atomic E-state index is 14.7. The van der Waals surface area contributed by atoms with Crippen LogP contribution < -0.4 is 0 Å². The van der Waals surface area contributed by atoms with Crippen LogP contribution in [0.25, 0.3) is 10.1 Å². The average molecular weight is 387 g/mol. The Kier molecular flexibility index (Phi) is 4.93. The minimum Gasteiger partial charge on any atom is -0.480 e. The van der Waals surface area contributed by atoms with Crippen molar-refractivity contribution >= 4 is 27.4 Å². The molecule has 2 atom stereocenters. The van der Waals surface area contributed by atoms with Crippen molar-refractivity contribution in [2.75, 3.05) is 6.54 Å². The Morgan fingerprint density at radius 1 is 1.15 bits per heavy atom. The first-order chi connectivity index (χ1) is 13.0. The van der Waals surface area contributed by atoms with Crippen molar-refractivity contribution in [2.24, 2.45) is 0 Å². The van der Waals surface area contributed by atoms with Crippen molar-refractivity contribution in [3.05, 3.63) is 70.6 Å². The van der Waals surface area contributed by atoms with Crippen molar-refractivity contribution in [1.82, 2.24) is 4.90 Å². The SMILES string of the molecule is O=C(O)C1CCCCN1C(c1cc2ccccc2s1)c1ccc(F)cc1F. The van der Waals surface area contributed by atoms with Crippen LogP contribution in [0.4, 0.5) is 8.78 Å². The van der Waals surface area contributed by atoms with Gasteiger partial charge in [-0.15, -0.1) is 11.3 Å². The molecule has 0 amide bonds. The van der Waals surface area contributed by atoms with Gasteiger partial charge in [-0.05, 0) is 43.0 Å². The normalized spacial score (nSPS) is 19.3. The van der Waals surface area contributed by atoms with Crippen LogP contribution >= 0.6 is 11.3 Å². The molecule has 1 N–H and O–H groups in total. The van der Waals surface area contributed by atoms with E-state index in [1.165, 1.54) is 23.5 Å². The number of carbonyl (C=O) groups is 1. The van der Waals surface area contributed by atoms with Crippen molar-refractivity contribution in [2.45, 2.75) is 31.3 Å². The number of hydrogen-bond donors (Lipinski definition) is 1. The smallest absolute Gasteiger partial charge is 0.320 e. The van der Waals surface area contributed by atoms with Gasteiger partial charge in [0.1, 0.15) is 17.7 Å². The lowest BCUT2D eigenvalue weighted by atomic mass is 9.95. The molecule has 0 radical (unpaired) electrons. The number of benzene rings is 2. The van der Waals surface area contributed by atoms with E-state index in [9.17, 15) is 18.7 Å². The highest BCUT2D eigenvalue weighted by Gasteiger charge is 2.37. The molecule has 0 bridgehead atoms. The Labute approximate surface area is 159 Å². The zero-order chi connectivity index (χ0) is 19.0. The highest BCUT2D eigenvalue weighted by atomic mass is 32.1. The molecule has 1 aromatic heterocycles. The van der Waals surface area contributed by atoms with Gasteiger partial charge >= 0.3 is 5.97 Å². The van der Waals surface area contributed by atoms with E-state index in [-0.39, 0.29) is 0 Å². The van der Waals surface area contributed by atoms with Gasteiger partial charge in [0.25, 0.3) is 0 Å². The van der Waals surface area contributed by atoms with Gasteiger partial charge in [-0.25, -0.2) is 8.78 Å². The third-order valence-corrected chi connectivity index (χ3v) is 6.30. The van der Waals surface area contributed by atoms with Gasteiger partial charge in [-0.1, -0.05) is 30.7 Å². The van der Waals surface area contributed by atoms with E-state index >= 15 is 0 Å². The van der Waals surface area contributed by atoms with Gasteiger partial charge < -0.3 is 5.11 Å². The molecule has 1 aliphatic heterocycles. The molecular weight excluding hydrogens is 368 g/mol. The lowest BCUT2D eigenvalue weighted by Crippen LogP contribution is -2.46. The van der Waals surface area contributed by atoms with E-state index < -0.39 is 29.7 Å². The highest BCUT2D eigenvalue weighted by molar-refractivity contribution is 7.19. The monoisotopic (exact) mass is 387 g/mol. The zero-order valence-electron chi connectivity index (χ0n) is 14.6. The van der Waals surface area contributed by atoms with E-state index in [0.717, 1.165) is 33.9 Å². The number of carboxylic acid groups (broad SMARTS) is 1. The fraction of sp³-hybridized carbons (Fsp3) is 0.286. The fourth-order valence-electron chi connectivity index (χ4n) is 3.88. The number of rotatable bonds is 4. The van der Waals surface area contributed by atoms with E-state index in [4.69, 9.17) is 0 Å². The number of nitrogens with zero attached hydrogens (tertiary/aromatic N) is 1. The summed E-state index contributed by atoms with van der Waals surface area (Å²) < 4.78 is 29.3. The summed E-state index contributed by atoms with van der Waals surface area (Å²) >= 11 is 1.53. The molecule has 6 heteroatoms. The van der Waals surface area contributed by atoms with Crippen LogP contribution in [-0.4, -0.2) is 28.6 Å². The summed E-state index contributed by atoms with van der Waals surface area (Å²) in [5.41, 5.74) is 0.316. The number of piperidine rings is 1. The molecule has 1 saturated heterocycles. The summed E-state index contributed by atoms with van der Waals surface area (Å²) in [6.07, 6.45) is 2.21. The summed E-state index contributed by atoms with van der Waals surface area (Å²) in [5, 5.41) is 10.7. The molecular formula is C21H19F2NO2S. The summed E-state index contributed by atoms with van der Waals surface area (Å²) in [4.78, 5) is 14.6. The fourth-order valence-corrected chi connectivity index (χ4v) is 5.09. The van der Waals surface area contributed by atoms with Gasteiger partial charge in [0.05, 0.1) is 6.04 Å². The first kappa shape index (κ1) is 18.1. The molecule has 3 nitrogen and oxygen atoms in total. The van der Waals surface area contributed by atoms with E-state index in [2.05, 4.69) is 0 Å². The van der Waals surface area contributed by atoms with E-state index in [1.807, 2.05) is 35.2 Å². The van der Waals surface area contributed by atoms with Gasteiger partial charge in [0.2, 0.25) is 0 Å². The number of fused-ring (bicyclic) bond motifs is 1. The molecule has 1 aliphatic rings. The Morgan fingerprint density at radius 3 is 2.70 bits per heavy atom. The third-order valence-electron chi connectivity index (χ3n) is 5.13. The Bertz CT molecular complexity index is 954. The molecule has 1 fully saturated rings. The molecule has 0 spiro atoms. The van der Waals surface area contributed by atoms with Gasteiger partial charge in [0, 0.05) is 21.2 Å². The lowest BCUT2D eigenvalue weighted by molar-refractivity contribution is -0.145. The first-order valence-corrected chi connectivity index (χ1v) is 9.78. The van der Waals surface area contributed by atoms with Crippen LogP contribution in [0, 0.1) is 11.6 Å². The zero-order valence-corrected chi connectivity index (χ0v) is 15.4. The molecule has 140 valence electrons. The molecule has 4 rings (SSSR count). The second-order valence-electron chi connectivity index (χ2n) is 6.84. The van der Waals surface area contributed by atoms with Gasteiger partial charge in [-0.3, -0.25) is 9.69 Å². The molecule has 27 heavy (non-hydrogen) atoms. The maximum absolute atomic E-state index is 14.7. The Hall–Kier alpha value is -2.31. The number of likely N-dealkylation sites (tertiary alicyclic amines) is 1. The van der Waals surface area contributed by atoms with Crippen LogP contribution in [0.1, 0.15) is 35.7 Å². The second-order valence-corrected chi connectivity index (χ2v) is 7.96. The Balaban J connectivity index is 1.87. The minimum atomic E-state index is -0.900. The second kappa shape index (κ2) is 7.37. The predicted molar refractivity (Wildman–Crippen MR) is 102 cm³/mol. The summed E-state index contributed by atoms with van der Waals surface area (Å²) in [5.74, 6) is -2.18. The minimum absolute atomic E-state index is 0.316. The summed E-state index contributed by atoms with van der Waals surface area (Å²) in [6, 6.07) is 12.2. The molecule has 2 unspecified atom stereocenters. The standard InChI is InChI=1S/C21H19F2NO2S/c22-14-8-9-15(16(23)12-14)20(24-10-4-3-6-17(24)21(25)26)19-11-13-5-1-2-7-18(13)27-19/h1-2,5,7-9,11-12,17,20H,3-4,6,10H2,(H,25,26). The highest BCUT2D eigenvalue weighted by Crippen LogP contribution is 2.40. The van der Waals surface area contributed by atoms with Crippen molar-refractivity contribution in [1.29, 1.82) is 0 Å². The predicted octanol–water partition coefficient (Wildman–Crippen LogP) is 5.21. The number of carboxylic acids is 1. The van der Waals surface area contributed by atoms with Crippen molar-refractivity contribution < 1.29 is 18.7 Å². The van der Waals surface area contributed by atoms with Gasteiger partial charge in [0.15, 0.2) is 0 Å². The van der Waals surface area contributed by atoms with Crippen molar-refractivity contribution in [3.8, 4) is 0 Å². The van der Waals surface area contributed by atoms with Gasteiger partial charge in [-0.2, -0.15) is 0 Å². The lowest BCUT2D eigenvalue weighted by Gasteiger charge is -2.39. The summed E-state index contributed by atoms with van der Waals surface area (Å²) in [6.45, 7) is 0.562.